The maximum atomic E-state index is 12.2. The molecule has 1 heterocycles. The molecule has 2 aromatic carbocycles. The first-order valence-corrected chi connectivity index (χ1v) is 7.69. The lowest BCUT2D eigenvalue weighted by atomic mass is 10.1. The summed E-state index contributed by atoms with van der Waals surface area (Å²) in [6.07, 6.45) is 0. The van der Waals surface area contributed by atoms with E-state index >= 15 is 0 Å². The number of fused-ring (bicyclic) bond motifs is 1. The second-order valence-electron chi connectivity index (χ2n) is 5.64. The van der Waals surface area contributed by atoms with Crippen LogP contribution in [-0.4, -0.2) is 19.2 Å². The maximum absolute atomic E-state index is 12.2. The molecule has 5 heteroatoms. The van der Waals surface area contributed by atoms with E-state index in [1.807, 2.05) is 49.4 Å². The van der Waals surface area contributed by atoms with Crippen molar-refractivity contribution in [2.45, 2.75) is 13.5 Å². The summed E-state index contributed by atoms with van der Waals surface area (Å²) in [6, 6.07) is 13.5. The number of benzene rings is 2. The SMILES string of the molecule is COc1ccc(NCc2cc3ccc(C)cc3[nH]c2=O)cc1OC. The fraction of sp³-hybridized carbons (Fsp3) is 0.211. The number of hydrogen-bond donors (Lipinski definition) is 2. The molecule has 0 spiro atoms. The third-order valence-corrected chi connectivity index (χ3v) is 3.94. The van der Waals surface area contributed by atoms with E-state index in [0.29, 0.717) is 23.6 Å². The molecule has 5 nitrogen and oxygen atoms in total. The van der Waals surface area contributed by atoms with Gasteiger partial charge in [0.05, 0.1) is 14.2 Å². The average molecular weight is 324 g/mol. The molecule has 0 aliphatic carbocycles. The fourth-order valence-corrected chi connectivity index (χ4v) is 2.63. The Hall–Kier alpha value is -2.95. The van der Waals surface area contributed by atoms with Crippen molar-refractivity contribution in [3.05, 3.63) is 63.9 Å². The fourth-order valence-electron chi connectivity index (χ4n) is 2.63. The summed E-state index contributed by atoms with van der Waals surface area (Å²) >= 11 is 0. The van der Waals surface area contributed by atoms with Gasteiger partial charge in [-0.3, -0.25) is 4.79 Å². The molecular weight excluding hydrogens is 304 g/mol. The van der Waals surface area contributed by atoms with Crippen LogP contribution in [0.25, 0.3) is 10.9 Å². The van der Waals surface area contributed by atoms with Gasteiger partial charge in [-0.2, -0.15) is 0 Å². The first kappa shape index (κ1) is 15.9. The van der Waals surface area contributed by atoms with Crippen molar-refractivity contribution in [2.75, 3.05) is 19.5 Å². The van der Waals surface area contributed by atoms with E-state index in [0.717, 1.165) is 22.2 Å². The molecule has 2 N–H and O–H groups in total. The van der Waals surface area contributed by atoms with Gasteiger partial charge in [0.1, 0.15) is 0 Å². The highest BCUT2D eigenvalue weighted by molar-refractivity contribution is 5.79. The number of ether oxygens (including phenoxy) is 2. The second-order valence-corrected chi connectivity index (χ2v) is 5.64. The van der Waals surface area contributed by atoms with Crippen molar-refractivity contribution in [3.63, 3.8) is 0 Å². The molecule has 0 aliphatic rings. The summed E-state index contributed by atoms with van der Waals surface area (Å²) in [7, 11) is 3.19. The number of aromatic amines is 1. The minimum Gasteiger partial charge on any atom is -0.493 e. The van der Waals surface area contributed by atoms with Gasteiger partial charge in [-0.25, -0.2) is 0 Å². The lowest BCUT2D eigenvalue weighted by Gasteiger charge is -2.11. The molecule has 24 heavy (non-hydrogen) atoms. The Morgan fingerprint density at radius 1 is 1.00 bits per heavy atom. The molecule has 3 aromatic rings. The van der Waals surface area contributed by atoms with Gasteiger partial charge in [0, 0.05) is 29.4 Å². The van der Waals surface area contributed by atoms with Crippen LogP contribution >= 0.6 is 0 Å². The van der Waals surface area contributed by atoms with Gasteiger partial charge in [-0.05, 0) is 42.1 Å². The first-order chi connectivity index (χ1) is 11.6. The predicted octanol–water partition coefficient (Wildman–Crippen LogP) is 3.47. The molecule has 0 aliphatic heterocycles. The average Bonchev–Trinajstić information content (AvgIpc) is 2.59. The van der Waals surface area contributed by atoms with Crippen molar-refractivity contribution in [3.8, 4) is 11.5 Å². The lowest BCUT2D eigenvalue weighted by Crippen LogP contribution is -2.15. The number of H-pyrrole nitrogens is 1. The van der Waals surface area contributed by atoms with Crippen LogP contribution in [0.1, 0.15) is 11.1 Å². The van der Waals surface area contributed by atoms with E-state index in [9.17, 15) is 4.79 Å². The van der Waals surface area contributed by atoms with Gasteiger partial charge in [0.2, 0.25) is 0 Å². The van der Waals surface area contributed by atoms with Crippen molar-refractivity contribution >= 4 is 16.6 Å². The molecule has 0 amide bonds. The van der Waals surface area contributed by atoms with Gasteiger partial charge in [0.25, 0.3) is 5.56 Å². The van der Waals surface area contributed by atoms with Crippen LogP contribution in [-0.2, 0) is 6.54 Å². The molecule has 0 radical (unpaired) electrons. The highest BCUT2D eigenvalue weighted by Gasteiger charge is 2.06. The molecule has 124 valence electrons. The second kappa shape index (κ2) is 6.66. The van der Waals surface area contributed by atoms with E-state index in [1.54, 1.807) is 14.2 Å². The van der Waals surface area contributed by atoms with Crippen LogP contribution < -0.4 is 20.3 Å². The van der Waals surface area contributed by atoms with Crippen molar-refractivity contribution < 1.29 is 9.47 Å². The summed E-state index contributed by atoms with van der Waals surface area (Å²) < 4.78 is 10.5. The molecule has 0 atom stereocenters. The third-order valence-electron chi connectivity index (χ3n) is 3.94. The molecule has 0 fully saturated rings. The first-order valence-electron chi connectivity index (χ1n) is 7.69. The van der Waals surface area contributed by atoms with Gasteiger partial charge in [-0.15, -0.1) is 0 Å². The number of hydrogen-bond acceptors (Lipinski definition) is 4. The number of aryl methyl sites for hydroxylation is 1. The number of pyridine rings is 1. The van der Waals surface area contributed by atoms with Crippen molar-refractivity contribution in [1.82, 2.24) is 4.98 Å². The van der Waals surface area contributed by atoms with Crippen LogP contribution in [0.15, 0.2) is 47.3 Å². The van der Waals surface area contributed by atoms with Crippen LogP contribution in [0.5, 0.6) is 11.5 Å². The molecule has 0 bridgehead atoms. The smallest absolute Gasteiger partial charge is 0.253 e. The van der Waals surface area contributed by atoms with Crippen molar-refractivity contribution in [1.29, 1.82) is 0 Å². The summed E-state index contributed by atoms with van der Waals surface area (Å²) in [6.45, 7) is 2.43. The number of rotatable bonds is 5. The van der Waals surface area contributed by atoms with E-state index < -0.39 is 0 Å². The van der Waals surface area contributed by atoms with Gasteiger partial charge >= 0.3 is 0 Å². The van der Waals surface area contributed by atoms with E-state index in [-0.39, 0.29) is 5.56 Å². The standard InChI is InChI=1S/C19H20N2O3/c1-12-4-5-13-9-14(19(22)21-16(13)8-12)11-20-15-6-7-17(23-2)18(10-15)24-3/h4-10,20H,11H2,1-3H3,(H,21,22). The van der Waals surface area contributed by atoms with Crippen LogP contribution in [0.3, 0.4) is 0 Å². The molecular formula is C19H20N2O3. The topological polar surface area (TPSA) is 63.3 Å². The van der Waals surface area contributed by atoms with Crippen molar-refractivity contribution in [2.24, 2.45) is 0 Å². The quantitative estimate of drug-likeness (QED) is 0.754. The van der Waals surface area contributed by atoms with E-state index in [2.05, 4.69) is 10.3 Å². The Kier molecular flexibility index (Phi) is 4.42. The van der Waals surface area contributed by atoms with Gasteiger partial charge in [0.15, 0.2) is 11.5 Å². The summed E-state index contributed by atoms with van der Waals surface area (Å²) in [5, 5.41) is 4.27. The lowest BCUT2D eigenvalue weighted by molar-refractivity contribution is 0.355. The van der Waals surface area contributed by atoms with Gasteiger partial charge in [-0.1, -0.05) is 12.1 Å². The molecule has 3 rings (SSSR count). The zero-order chi connectivity index (χ0) is 17.1. The minimum atomic E-state index is -0.0823. The molecule has 0 saturated carbocycles. The molecule has 0 saturated heterocycles. The highest BCUT2D eigenvalue weighted by atomic mass is 16.5. The number of nitrogens with one attached hydrogen (secondary N) is 2. The number of methoxy groups -OCH3 is 2. The predicted molar refractivity (Wildman–Crippen MR) is 96.2 cm³/mol. The largest absolute Gasteiger partial charge is 0.493 e. The zero-order valence-corrected chi connectivity index (χ0v) is 14.0. The number of anilines is 1. The Balaban J connectivity index is 1.84. The summed E-state index contributed by atoms with van der Waals surface area (Å²) in [5.41, 5.74) is 3.43. The Morgan fingerprint density at radius 2 is 1.79 bits per heavy atom. The van der Waals surface area contributed by atoms with Gasteiger partial charge < -0.3 is 19.8 Å². The Bertz CT molecular complexity index is 932. The van der Waals surface area contributed by atoms with E-state index in [4.69, 9.17) is 9.47 Å². The normalized spacial score (nSPS) is 10.6. The minimum absolute atomic E-state index is 0.0823. The Labute approximate surface area is 140 Å². The molecule has 0 unspecified atom stereocenters. The summed E-state index contributed by atoms with van der Waals surface area (Å²) in [4.78, 5) is 15.2. The van der Waals surface area contributed by atoms with Crippen LogP contribution in [0.2, 0.25) is 0 Å². The molecule has 1 aromatic heterocycles. The maximum Gasteiger partial charge on any atom is 0.253 e. The monoisotopic (exact) mass is 324 g/mol. The Morgan fingerprint density at radius 3 is 2.54 bits per heavy atom. The van der Waals surface area contributed by atoms with E-state index in [1.165, 1.54) is 0 Å². The zero-order valence-electron chi connectivity index (χ0n) is 14.0. The highest BCUT2D eigenvalue weighted by Crippen LogP contribution is 2.29. The summed E-state index contributed by atoms with van der Waals surface area (Å²) in [5.74, 6) is 1.31. The van der Waals surface area contributed by atoms with Crippen LogP contribution in [0, 0.1) is 6.92 Å². The third kappa shape index (κ3) is 3.20. The van der Waals surface area contributed by atoms with Crippen LogP contribution in [0.4, 0.5) is 5.69 Å². The number of aromatic nitrogens is 1.